The zero-order valence-electron chi connectivity index (χ0n) is 20.5. The molecule has 0 aromatic heterocycles. The van der Waals surface area contributed by atoms with Gasteiger partial charge in [0.2, 0.25) is 0 Å². The SMILES string of the molecule is CCCCCCCCCCCCCCCCC=COCCOCCOCCOCCO. The van der Waals surface area contributed by atoms with Gasteiger partial charge in [0.1, 0.15) is 6.61 Å². The summed E-state index contributed by atoms with van der Waals surface area (Å²) in [5.74, 6) is 0. The molecular formula is C26H52O5. The van der Waals surface area contributed by atoms with E-state index in [2.05, 4.69) is 13.0 Å². The van der Waals surface area contributed by atoms with Gasteiger partial charge in [0, 0.05) is 0 Å². The van der Waals surface area contributed by atoms with Gasteiger partial charge in [0.15, 0.2) is 0 Å². The molecule has 31 heavy (non-hydrogen) atoms. The Morgan fingerprint density at radius 1 is 0.516 bits per heavy atom. The summed E-state index contributed by atoms with van der Waals surface area (Å²) >= 11 is 0. The summed E-state index contributed by atoms with van der Waals surface area (Å²) in [4.78, 5) is 0. The number of hydrogen-bond acceptors (Lipinski definition) is 5. The third-order valence-electron chi connectivity index (χ3n) is 5.24. The highest BCUT2D eigenvalue weighted by atomic mass is 16.6. The molecule has 0 spiro atoms. The first-order chi connectivity index (χ1) is 15.4. The fourth-order valence-corrected chi connectivity index (χ4v) is 3.37. The molecule has 0 rings (SSSR count). The monoisotopic (exact) mass is 444 g/mol. The molecule has 5 heteroatoms. The fraction of sp³-hybridized carbons (Fsp3) is 0.923. The van der Waals surface area contributed by atoms with Gasteiger partial charge in [-0.3, -0.25) is 0 Å². The zero-order valence-corrected chi connectivity index (χ0v) is 20.5. The predicted molar refractivity (Wildman–Crippen MR) is 130 cm³/mol. The molecule has 0 aliphatic rings. The molecule has 0 aliphatic heterocycles. The van der Waals surface area contributed by atoms with Gasteiger partial charge in [-0.15, -0.1) is 0 Å². The summed E-state index contributed by atoms with van der Waals surface area (Å²) < 4.78 is 21.3. The number of allylic oxidation sites excluding steroid dienone is 1. The summed E-state index contributed by atoms with van der Waals surface area (Å²) in [6, 6.07) is 0. The molecule has 0 aliphatic carbocycles. The number of aliphatic hydroxyl groups excluding tert-OH is 1. The minimum absolute atomic E-state index is 0.0526. The Morgan fingerprint density at radius 2 is 0.935 bits per heavy atom. The maximum Gasteiger partial charge on any atom is 0.111 e. The highest BCUT2D eigenvalue weighted by Crippen LogP contribution is 2.13. The smallest absolute Gasteiger partial charge is 0.111 e. The van der Waals surface area contributed by atoms with Crippen molar-refractivity contribution in [1.82, 2.24) is 0 Å². The van der Waals surface area contributed by atoms with Crippen LogP contribution in [-0.2, 0) is 18.9 Å². The molecule has 0 heterocycles. The van der Waals surface area contributed by atoms with Crippen molar-refractivity contribution in [3.8, 4) is 0 Å². The van der Waals surface area contributed by atoms with Gasteiger partial charge in [-0.1, -0.05) is 90.4 Å². The zero-order chi connectivity index (χ0) is 22.5. The molecule has 186 valence electrons. The van der Waals surface area contributed by atoms with Crippen LogP contribution < -0.4 is 0 Å². The van der Waals surface area contributed by atoms with Crippen LogP contribution in [0.5, 0.6) is 0 Å². The van der Waals surface area contributed by atoms with E-state index in [1.54, 1.807) is 6.26 Å². The normalized spacial score (nSPS) is 11.5. The number of aliphatic hydroxyl groups is 1. The second kappa shape index (κ2) is 29.4. The van der Waals surface area contributed by atoms with Gasteiger partial charge in [0.05, 0.1) is 52.5 Å². The molecule has 0 saturated heterocycles. The Bertz CT molecular complexity index is 336. The minimum atomic E-state index is 0.0526. The number of unbranched alkanes of at least 4 members (excludes halogenated alkanes) is 14. The summed E-state index contributed by atoms with van der Waals surface area (Å²) in [7, 11) is 0. The molecule has 0 aromatic carbocycles. The third kappa shape index (κ3) is 29.4. The highest BCUT2D eigenvalue weighted by Gasteiger charge is 1.94. The van der Waals surface area contributed by atoms with Crippen molar-refractivity contribution >= 4 is 0 Å². The van der Waals surface area contributed by atoms with Gasteiger partial charge in [0.25, 0.3) is 0 Å². The van der Waals surface area contributed by atoms with Crippen molar-refractivity contribution in [3.63, 3.8) is 0 Å². The van der Waals surface area contributed by atoms with Gasteiger partial charge in [-0.05, 0) is 18.9 Å². The summed E-state index contributed by atoms with van der Waals surface area (Å²) in [5, 5.41) is 8.56. The highest BCUT2D eigenvalue weighted by molar-refractivity contribution is 4.73. The standard InChI is InChI=1S/C26H52O5/c1-2-3-4-5-6-7-8-9-10-11-12-13-14-15-16-17-19-28-21-23-30-25-26-31-24-22-29-20-18-27/h17,19,27H,2-16,18,20-26H2,1H3. The van der Waals surface area contributed by atoms with E-state index in [1.165, 1.54) is 89.9 Å². The van der Waals surface area contributed by atoms with Crippen molar-refractivity contribution in [2.45, 2.75) is 103 Å². The first-order valence-electron chi connectivity index (χ1n) is 13.0. The summed E-state index contributed by atoms with van der Waals surface area (Å²) in [6.45, 7) is 6.01. The van der Waals surface area contributed by atoms with Crippen molar-refractivity contribution in [2.24, 2.45) is 0 Å². The lowest BCUT2D eigenvalue weighted by molar-refractivity contribution is 0.00133. The van der Waals surface area contributed by atoms with E-state index in [0.717, 1.165) is 6.42 Å². The quantitative estimate of drug-likeness (QED) is 0.117. The lowest BCUT2D eigenvalue weighted by Gasteiger charge is -2.06. The molecule has 0 amide bonds. The lowest BCUT2D eigenvalue weighted by Crippen LogP contribution is -2.12. The van der Waals surface area contributed by atoms with E-state index in [4.69, 9.17) is 24.1 Å². The summed E-state index contributed by atoms with van der Waals surface area (Å²) in [6.07, 6.45) is 24.6. The van der Waals surface area contributed by atoms with Crippen LogP contribution in [0.25, 0.3) is 0 Å². The van der Waals surface area contributed by atoms with Crippen LogP contribution in [0.1, 0.15) is 103 Å². The van der Waals surface area contributed by atoms with Crippen LogP contribution in [0.3, 0.4) is 0 Å². The third-order valence-corrected chi connectivity index (χ3v) is 5.24. The van der Waals surface area contributed by atoms with Gasteiger partial charge < -0.3 is 24.1 Å². The largest absolute Gasteiger partial charge is 0.499 e. The van der Waals surface area contributed by atoms with Gasteiger partial charge in [-0.25, -0.2) is 0 Å². The van der Waals surface area contributed by atoms with E-state index < -0.39 is 0 Å². The van der Waals surface area contributed by atoms with Crippen LogP contribution in [0.4, 0.5) is 0 Å². The van der Waals surface area contributed by atoms with E-state index in [-0.39, 0.29) is 6.61 Å². The van der Waals surface area contributed by atoms with E-state index >= 15 is 0 Å². The molecule has 0 aromatic rings. The van der Waals surface area contributed by atoms with Crippen LogP contribution >= 0.6 is 0 Å². The fourth-order valence-electron chi connectivity index (χ4n) is 3.37. The Hall–Kier alpha value is -0.620. The molecule has 1 N–H and O–H groups in total. The van der Waals surface area contributed by atoms with Crippen molar-refractivity contribution in [3.05, 3.63) is 12.3 Å². The number of ether oxygens (including phenoxy) is 4. The van der Waals surface area contributed by atoms with Crippen molar-refractivity contribution in [1.29, 1.82) is 0 Å². The molecule has 0 fully saturated rings. The Morgan fingerprint density at radius 3 is 1.42 bits per heavy atom. The number of hydrogen-bond donors (Lipinski definition) is 1. The predicted octanol–water partition coefficient (Wildman–Crippen LogP) is 6.43. The minimum Gasteiger partial charge on any atom is -0.499 e. The lowest BCUT2D eigenvalue weighted by atomic mass is 10.0. The van der Waals surface area contributed by atoms with E-state index in [9.17, 15) is 0 Å². The van der Waals surface area contributed by atoms with E-state index in [1.807, 2.05) is 0 Å². The first kappa shape index (κ1) is 30.4. The van der Waals surface area contributed by atoms with Crippen LogP contribution in [0.2, 0.25) is 0 Å². The van der Waals surface area contributed by atoms with Crippen LogP contribution in [0, 0.1) is 0 Å². The molecule has 0 radical (unpaired) electrons. The average Bonchev–Trinajstić information content (AvgIpc) is 2.78. The maximum absolute atomic E-state index is 8.56. The molecule has 0 bridgehead atoms. The van der Waals surface area contributed by atoms with Gasteiger partial charge in [-0.2, -0.15) is 0 Å². The molecular weight excluding hydrogens is 392 g/mol. The molecule has 5 nitrogen and oxygen atoms in total. The second-order valence-corrected chi connectivity index (χ2v) is 8.19. The first-order valence-corrected chi connectivity index (χ1v) is 13.0. The van der Waals surface area contributed by atoms with Gasteiger partial charge >= 0.3 is 0 Å². The molecule has 0 atom stereocenters. The Balaban J connectivity index is 3.06. The Kier molecular flexibility index (Phi) is 28.8. The van der Waals surface area contributed by atoms with Crippen molar-refractivity contribution in [2.75, 3.05) is 52.9 Å². The maximum atomic E-state index is 8.56. The summed E-state index contributed by atoms with van der Waals surface area (Å²) in [5.41, 5.74) is 0. The number of rotatable bonds is 27. The van der Waals surface area contributed by atoms with Crippen LogP contribution in [0.15, 0.2) is 12.3 Å². The topological polar surface area (TPSA) is 57.2 Å². The van der Waals surface area contributed by atoms with Crippen LogP contribution in [-0.4, -0.2) is 58.0 Å². The average molecular weight is 445 g/mol. The van der Waals surface area contributed by atoms with Crippen molar-refractivity contribution < 1.29 is 24.1 Å². The molecule has 0 unspecified atom stereocenters. The molecule has 0 saturated carbocycles. The van der Waals surface area contributed by atoms with E-state index in [0.29, 0.717) is 46.2 Å². The second-order valence-electron chi connectivity index (χ2n) is 8.19. The Labute approximate surface area is 192 Å².